The predicted octanol–water partition coefficient (Wildman–Crippen LogP) is 1.79. The van der Waals surface area contributed by atoms with Crippen molar-refractivity contribution in [3.63, 3.8) is 0 Å². The molecule has 2 atom stereocenters. The van der Waals surface area contributed by atoms with Gasteiger partial charge in [0.1, 0.15) is 11.0 Å². The van der Waals surface area contributed by atoms with E-state index in [9.17, 15) is 4.79 Å². The minimum absolute atomic E-state index is 0.00333. The zero-order valence-corrected chi connectivity index (χ0v) is 12.8. The summed E-state index contributed by atoms with van der Waals surface area (Å²) in [4.78, 5) is 14.2. The molecule has 3 rings (SSSR count). The molecule has 0 saturated carbocycles. The van der Waals surface area contributed by atoms with Gasteiger partial charge < -0.3 is 10.1 Å². The lowest BCUT2D eigenvalue weighted by atomic mass is 10.1. The minimum atomic E-state index is -0.00333. The summed E-state index contributed by atoms with van der Waals surface area (Å²) in [5.41, 5.74) is 0.967. The number of carbonyl (C=O) groups is 1. The van der Waals surface area contributed by atoms with Gasteiger partial charge in [-0.3, -0.25) is 9.69 Å². The molecule has 0 aliphatic carbocycles. The Hall–Kier alpha value is -1.27. The topological polar surface area (TPSA) is 41.6 Å². The zero-order valence-electron chi connectivity index (χ0n) is 11.2. The number of amides is 1. The Morgan fingerprint density at radius 3 is 3.10 bits per heavy atom. The summed E-state index contributed by atoms with van der Waals surface area (Å²) in [6.45, 7) is 0.457. The van der Waals surface area contributed by atoms with Gasteiger partial charge in [0, 0.05) is 11.6 Å². The Morgan fingerprint density at radius 1 is 1.50 bits per heavy atom. The molecule has 0 aromatic heterocycles. The van der Waals surface area contributed by atoms with Crippen LogP contribution in [0.5, 0.6) is 5.75 Å². The SMILES string of the molecule is COc1ccccc1CN1C(=O)C2SCCC2NC1=S. The second-order valence-electron chi connectivity index (χ2n) is 4.87. The smallest absolute Gasteiger partial charge is 0.244 e. The molecule has 1 aromatic carbocycles. The number of ether oxygens (including phenoxy) is 1. The lowest BCUT2D eigenvalue weighted by Crippen LogP contribution is -2.59. The van der Waals surface area contributed by atoms with Crippen molar-refractivity contribution in [1.82, 2.24) is 10.2 Å². The second-order valence-corrected chi connectivity index (χ2v) is 6.51. The molecule has 1 aromatic rings. The van der Waals surface area contributed by atoms with E-state index in [2.05, 4.69) is 5.32 Å². The van der Waals surface area contributed by atoms with E-state index in [1.165, 1.54) is 0 Å². The van der Waals surface area contributed by atoms with Crippen LogP contribution in [-0.2, 0) is 11.3 Å². The molecule has 2 heterocycles. The van der Waals surface area contributed by atoms with Gasteiger partial charge in [0.25, 0.3) is 0 Å². The van der Waals surface area contributed by atoms with Gasteiger partial charge >= 0.3 is 0 Å². The Morgan fingerprint density at radius 2 is 2.30 bits per heavy atom. The molecule has 2 fully saturated rings. The van der Waals surface area contributed by atoms with E-state index in [4.69, 9.17) is 17.0 Å². The fourth-order valence-electron chi connectivity index (χ4n) is 2.62. The van der Waals surface area contributed by atoms with Crippen LogP contribution in [0.4, 0.5) is 0 Å². The van der Waals surface area contributed by atoms with Crippen LogP contribution >= 0.6 is 24.0 Å². The third-order valence-electron chi connectivity index (χ3n) is 3.68. The first kappa shape index (κ1) is 13.7. The monoisotopic (exact) mass is 308 g/mol. The molecule has 0 radical (unpaired) electrons. The highest BCUT2D eigenvalue weighted by Crippen LogP contribution is 2.32. The number of para-hydroxylation sites is 1. The molecular formula is C14H16N2O2S2. The van der Waals surface area contributed by atoms with Gasteiger partial charge in [0.15, 0.2) is 5.11 Å². The van der Waals surface area contributed by atoms with Crippen molar-refractivity contribution in [2.45, 2.75) is 24.3 Å². The third-order valence-corrected chi connectivity index (χ3v) is 5.38. The first-order valence-corrected chi connectivity index (χ1v) is 8.02. The average Bonchev–Trinajstić information content (AvgIpc) is 2.92. The number of rotatable bonds is 3. The number of benzene rings is 1. The summed E-state index contributed by atoms with van der Waals surface area (Å²) < 4.78 is 5.34. The molecule has 2 saturated heterocycles. The van der Waals surface area contributed by atoms with E-state index in [1.54, 1.807) is 23.8 Å². The molecule has 6 heteroatoms. The maximum atomic E-state index is 12.6. The summed E-state index contributed by atoms with van der Waals surface area (Å²) in [5, 5.41) is 3.82. The largest absolute Gasteiger partial charge is 0.496 e. The van der Waals surface area contributed by atoms with Gasteiger partial charge in [-0.1, -0.05) is 18.2 Å². The van der Waals surface area contributed by atoms with Crippen LogP contribution in [0.2, 0.25) is 0 Å². The number of thiocarbonyl (C=S) groups is 1. The van der Waals surface area contributed by atoms with Gasteiger partial charge in [-0.25, -0.2) is 0 Å². The Balaban J connectivity index is 1.82. The average molecular weight is 308 g/mol. The van der Waals surface area contributed by atoms with Crippen LogP contribution < -0.4 is 10.1 Å². The molecule has 1 N–H and O–H groups in total. The normalized spacial score (nSPS) is 25.4. The maximum absolute atomic E-state index is 12.6. The summed E-state index contributed by atoms with van der Waals surface area (Å²) in [5.74, 6) is 1.91. The highest BCUT2D eigenvalue weighted by molar-refractivity contribution is 8.01. The number of nitrogens with zero attached hydrogens (tertiary/aromatic N) is 1. The van der Waals surface area contributed by atoms with Crippen molar-refractivity contribution in [2.24, 2.45) is 0 Å². The summed E-state index contributed by atoms with van der Waals surface area (Å²) in [7, 11) is 1.64. The predicted molar refractivity (Wildman–Crippen MR) is 83.9 cm³/mol. The molecule has 2 aliphatic heterocycles. The highest BCUT2D eigenvalue weighted by Gasteiger charge is 2.42. The molecule has 2 aliphatic rings. The lowest BCUT2D eigenvalue weighted by Gasteiger charge is -2.35. The van der Waals surface area contributed by atoms with Gasteiger partial charge in [-0.05, 0) is 30.5 Å². The van der Waals surface area contributed by atoms with E-state index in [0.717, 1.165) is 23.5 Å². The number of nitrogens with one attached hydrogen (secondary N) is 1. The summed E-state index contributed by atoms with van der Waals surface area (Å²) in [6, 6.07) is 7.92. The quantitative estimate of drug-likeness (QED) is 0.862. The van der Waals surface area contributed by atoms with Crippen LogP contribution in [0.15, 0.2) is 24.3 Å². The van der Waals surface area contributed by atoms with E-state index in [-0.39, 0.29) is 17.2 Å². The van der Waals surface area contributed by atoms with Gasteiger partial charge in [0.2, 0.25) is 5.91 Å². The fourth-order valence-corrected chi connectivity index (χ4v) is 4.28. The third kappa shape index (κ3) is 2.38. The molecule has 1 amide bonds. The van der Waals surface area contributed by atoms with E-state index < -0.39 is 0 Å². The molecule has 0 bridgehead atoms. The summed E-state index contributed by atoms with van der Waals surface area (Å²) >= 11 is 7.07. The van der Waals surface area contributed by atoms with Gasteiger partial charge in [-0.15, -0.1) is 11.8 Å². The highest BCUT2D eigenvalue weighted by atomic mass is 32.2. The van der Waals surface area contributed by atoms with Crippen LogP contribution in [-0.4, -0.2) is 40.1 Å². The Kier molecular flexibility index (Phi) is 3.85. The molecule has 106 valence electrons. The Bertz CT molecular complexity index is 550. The molecule has 2 unspecified atom stereocenters. The van der Waals surface area contributed by atoms with Crippen molar-refractivity contribution in [3.05, 3.63) is 29.8 Å². The van der Waals surface area contributed by atoms with E-state index in [1.807, 2.05) is 24.3 Å². The van der Waals surface area contributed by atoms with Crippen LogP contribution in [0.3, 0.4) is 0 Å². The van der Waals surface area contributed by atoms with Crippen molar-refractivity contribution in [2.75, 3.05) is 12.9 Å². The number of fused-ring (bicyclic) bond motifs is 1. The number of carbonyl (C=O) groups excluding carboxylic acids is 1. The van der Waals surface area contributed by atoms with E-state index in [0.29, 0.717) is 11.7 Å². The number of hydrogen-bond donors (Lipinski definition) is 1. The maximum Gasteiger partial charge on any atom is 0.244 e. The van der Waals surface area contributed by atoms with Crippen molar-refractivity contribution < 1.29 is 9.53 Å². The Labute approximate surface area is 127 Å². The fraction of sp³-hybridized carbons (Fsp3) is 0.429. The van der Waals surface area contributed by atoms with Crippen LogP contribution in [0, 0.1) is 0 Å². The van der Waals surface area contributed by atoms with Gasteiger partial charge in [0.05, 0.1) is 13.7 Å². The first-order chi connectivity index (χ1) is 9.70. The van der Waals surface area contributed by atoms with Crippen LogP contribution in [0.1, 0.15) is 12.0 Å². The standard InChI is InChI=1S/C14H16N2O2S2/c1-18-11-5-3-2-4-9(11)8-16-13(17)12-10(6-7-20-12)15-14(16)19/h2-5,10,12H,6-8H2,1H3,(H,15,19). The number of thioether (sulfide) groups is 1. The number of methoxy groups -OCH3 is 1. The molecule has 20 heavy (non-hydrogen) atoms. The zero-order chi connectivity index (χ0) is 14.1. The van der Waals surface area contributed by atoms with Crippen LogP contribution in [0.25, 0.3) is 0 Å². The van der Waals surface area contributed by atoms with Crippen molar-refractivity contribution in [1.29, 1.82) is 0 Å². The first-order valence-electron chi connectivity index (χ1n) is 6.56. The molecule has 0 spiro atoms. The van der Waals surface area contributed by atoms with Gasteiger partial charge in [-0.2, -0.15) is 0 Å². The lowest BCUT2D eigenvalue weighted by molar-refractivity contribution is -0.128. The summed E-state index contributed by atoms with van der Waals surface area (Å²) in [6.07, 6.45) is 1.00. The minimum Gasteiger partial charge on any atom is -0.496 e. The van der Waals surface area contributed by atoms with E-state index >= 15 is 0 Å². The molecular weight excluding hydrogens is 292 g/mol. The second kappa shape index (κ2) is 5.61. The molecule has 4 nitrogen and oxygen atoms in total. The van der Waals surface area contributed by atoms with Crippen molar-refractivity contribution >= 4 is 35.0 Å². The van der Waals surface area contributed by atoms with Crippen molar-refractivity contribution in [3.8, 4) is 5.75 Å². The number of hydrogen-bond acceptors (Lipinski definition) is 4.